The van der Waals surface area contributed by atoms with E-state index in [-0.39, 0.29) is 11.5 Å². The molecule has 0 aliphatic heterocycles. The quantitative estimate of drug-likeness (QED) is 0.710. The minimum Gasteiger partial charge on any atom is -0.396 e. The number of hydrogen-bond donors (Lipinski definition) is 2. The highest BCUT2D eigenvalue weighted by molar-refractivity contribution is 5.01. The summed E-state index contributed by atoms with van der Waals surface area (Å²) in [4.78, 5) is 0. The number of aliphatic hydroxyl groups excluding tert-OH is 1. The number of aliphatic hydroxyl groups is 1. The highest BCUT2D eigenvalue weighted by atomic mass is 16.3. The Morgan fingerprint density at radius 1 is 1.29 bits per heavy atom. The monoisotopic (exact) mass is 197 g/mol. The van der Waals surface area contributed by atoms with E-state index in [0.717, 1.165) is 18.8 Å². The minimum absolute atomic E-state index is 0.0793. The van der Waals surface area contributed by atoms with Crippen molar-refractivity contribution in [3.8, 4) is 0 Å². The second kappa shape index (κ2) is 3.82. The fourth-order valence-electron chi connectivity index (χ4n) is 3.90. The van der Waals surface area contributed by atoms with Gasteiger partial charge in [0.1, 0.15) is 0 Å². The third kappa shape index (κ3) is 1.40. The summed E-state index contributed by atoms with van der Waals surface area (Å²) in [5, 5.41) is 9.69. The van der Waals surface area contributed by atoms with Crippen LogP contribution in [0.3, 0.4) is 0 Å². The Morgan fingerprint density at radius 3 is 2.50 bits per heavy atom. The summed E-state index contributed by atoms with van der Waals surface area (Å²) in [6.07, 6.45) is 7.43. The molecule has 0 bridgehead atoms. The molecule has 0 heterocycles. The lowest BCUT2D eigenvalue weighted by Gasteiger charge is -2.40. The van der Waals surface area contributed by atoms with Crippen molar-refractivity contribution in [3.63, 3.8) is 0 Å². The first-order valence-electron chi connectivity index (χ1n) is 6.07. The lowest BCUT2D eigenvalue weighted by molar-refractivity contribution is 0.0353. The zero-order valence-corrected chi connectivity index (χ0v) is 9.21. The Bertz CT molecular complexity index is 206. The van der Waals surface area contributed by atoms with Crippen molar-refractivity contribution in [1.82, 2.24) is 0 Å². The van der Waals surface area contributed by atoms with Crippen molar-refractivity contribution in [2.24, 2.45) is 23.0 Å². The summed E-state index contributed by atoms with van der Waals surface area (Å²) >= 11 is 0. The smallest absolute Gasteiger partial charge is 0.0505 e. The summed E-state index contributed by atoms with van der Waals surface area (Å²) in [6, 6.07) is 0.248. The molecule has 0 saturated heterocycles. The second-order valence-corrected chi connectivity index (χ2v) is 5.40. The van der Waals surface area contributed by atoms with Gasteiger partial charge in [-0.3, -0.25) is 0 Å². The summed E-state index contributed by atoms with van der Waals surface area (Å²) in [7, 11) is 0. The molecule has 82 valence electrons. The van der Waals surface area contributed by atoms with Crippen LogP contribution in [0, 0.1) is 17.3 Å². The van der Waals surface area contributed by atoms with E-state index in [1.54, 1.807) is 0 Å². The molecule has 2 fully saturated rings. The van der Waals surface area contributed by atoms with Crippen LogP contribution in [0.5, 0.6) is 0 Å². The van der Waals surface area contributed by atoms with Crippen LogP contribution in [-0.2, 0) is 0 Å². The molecular weight excluding hydrogens is 174 g/mol. The van der Waals surface area contributed by atoms with Gasteiger partial charge in [0.25, 0.3) is 0 Å². The van der Waals surface area contributed by atoms with Crippen LogP contribution in [-0.4, -0.2) is 17.8 Å². The van der Waals surface area contributed by atoms with Crippen LogP contribution in [0.4, 0.5) is 0 Å². The Kier molecular flexibility index (Phi) is 2.85. The maximum atomic E-state index is 9.69. The standard InChI is InChI=1S/C12H23NO/c1-9-4-2-5-10(9)12(8-14)7-3-6-11(12)13/h9-11,14H,2-8,13H2,1H3. The van der Waals surface area contributed by atoms with Crippen molar-refractivity contribution >= 4 is 0 Å². The molecule has 2 heteroatoms. The molecule has 2 aliphatic rings. The van der Waals surface area contributed by atoms with Gasteiger partial charge in [0.15, 0.2) is 0 Å². The summed E-state index contributed by atoms with van der Waals surface area (Å²) < 4.78 is 0. The highest BCUT2D eigenvalue weighted by Gasteiger charge is 2.49. The van der Waals surface area contributed by atoms with Crippen molar-refractivity contribution < 1.29 is 5.11 Å². The first kappa shape index (κ1) is 10.4. The molecule has 2 nitrogen and oxygen atoms in total. The van der Waals surface area contributed by atoms with Gasteiger partial charge in [-0.15, -0.1) is 0 Å². The first-order chi connectivity index (χ1) is 6.70. The summed E-state index contributed by atoms with van der Waals surface area (Å²) in [5.41, 5.74) is 6.29. The predicted molar refractivity (Wildman–Crippen MR) is 57.9 cm³/mol. The van der Waals surface area contributed by atoms with E-state index in [0.29, 0.717) is 12.5 Å². The van der Waals surface area contributed by atoms with Crippen molar-refractivity contribution in [2.75, 3.05) is 6.61 Å². The zero-order valence-electron chi connectivity index (χ0n) is 9.21. The van der Waals surface area contributed by atoms with Crippen LogP contribution in [0.2, 0.25) is 0 Å². The van der Waals surface area contributed by atoms with E-state index in [9.17, 15) is 5.11 Å². The molecule has 4 atom stereocenters. The molecule has 0 spiro atoms. The second-order valence-electron chi connectivity index (χ2n) is 5.40. The summed E-state index contributed by atoms with van der Waals surface area (Å²) in [5.74, 6) is 1.45. The fraction of sp³-hybridized carbons (Fsp3) is 1.00. The third-order valence-electron chi connectivity index (χ3n) is 4.79. The van der Waals surface area contributed by atoms with Gasteiger partial charge in [-0.2, -0.15) is 0 Å². The molecule has 2 saturated carbocycles. The predicted octanol–water partition coefficient (Wildman–Crippen LogP) is 1.91. The van der Waals surface area contributed by atoms with Crippen molar-refractivity contribution in [1.29, 1.82) is 0 Å². The van der Waals surface area contributed by atoms with Gasteiger partial charge in [0.05, 0.1) is 6.61 Å². The Labute approximate surface area is 86.9 Å². The van der Waals surface area contributed by atoms with Gasteiger partial charge in [-0.1, -0.05) is 26.2 Å². The molecular formula is C12H23NO. The molecule has 2 aliphatic carbocycles. The largest absolute Gasteiger partial charge is 0.396 e. The van der Waals surface area contributed by atoms with Gasteiger partial charge in [-0.25, -0.2) is 0 Å². The fourth-order valence-corrected chi connectivity index (χ4v) is 3.90. The molecule has 0 aromatic rings. The van der Waals surface area contributed by atoms with Gasteiger partial charge < -0.3 is 10.8 Å². The molecule has 0 amide bonds. The molecule has 0 radical (unpaired) electrons. The van der Waals surface area contributed by atoms with Crippen LogP contribution in [0.15, 0.2) is 0 Å². The van der Waals surface area contributed by atoms with E-state index in [2.05, 4.69) is 6.92 Å². The van der Waals surface area contributed by atoms with Crippen LogP contribution in [0.1, 0.15) is 45.4 Å². The van der Waals surface area contributed by atoms with E-state index in [1.807, 2.05) is 0 Å². The maximum absolute atomic E-state index is 9.69. The normalized spacial score (nSPS) is 48.6. The Balaban J connectivity index is 2.18. The number of nitrogens with two attached hydrogens (primary N) is 1. The first-order valence-corrected chi connectivity index (χ1v) is 6.07. The van der Waals surface area contributed by atoms with Crippen molar-refractivity contribution in [2.45, 2.75) is 51.5 Å². The molecule has 0 aromatic heterocycles. The van der Waals surface area contributed by atoms with Crippen LogP contribution in [0.25, 0.3) is 0 Å². The zero-order chi connectivity index (χ0) is 10.2. The average Bonchev–Trinajstić information content (AvgIpc) is 2.73. The number of hydrogen-bond acceptors (Lipinski definition) is 2. The van der Waals surface area contributed by atoms with Gasteiger partial charge in [0, 0.05) is 11.5 Å². The minimum atomic E-state index is 0.0793. The van der Waals surface area contributed by atoms with Gasteiger partial charge in [-0.05, 0) is 31.1 Å². The summed E-state index contributed by atoms with van der Waals surface area (Å²) in [6.45, 7) is 2.64. The van der Waals surface area contributed by atoms with Crippen LogP contribution >= 0.6 is 0 Å². The van der Waals surface area contributed by atoms with Gasteiger partial charge >= 0.3 is 0 Å². The topological polar surface area (TPSA) is 46.2 Å². The van der Waals surface area contributed by atoms with Crippen molar-refractivity contribution in [3.05, 3.63) is 0 Å². The van der Waals surface area contributed by atoms with Crippen LogP contribution < -0.4 is 5.73 Å². The molecule has 3 N–H and O–H groups in total. The average molecular weight is 197 g/mol. The lowest BCUT2D eigenvalue weighted by Crippen LogP contribution is -2.46. The van der Waals surface area contributed by atoms with E-state index >= 15 is 0 Å². The maximum Gasteiger partial charge on any atom is 0.0505 e. The lowest BCUT2D eigenvalue weighted by atomic mass is 9.68. The Morgan fingerprint density at radius 2 is 2.07 bits per heavy atom. The number of rotatable bonds is 2. The molecule has 0 aromatic carbocycles. The third-order valence-corrected chi connectivity index (χ3v) is 4.79. The van der Waals surface area contributed by atoms with E-state index in [1.165, 1.54) is 25.7 Å². The molecule has 4 unspecified atom stereocenters. The van der Waals surface area contributed by atoms with E-state index in [4.69, 9.17) is 5.73 Å². The van der Waals surface area contributed by atoms with E-state index < -0.39 is 0 Å². The molecule has 14 heavy (non-hydrogen) atoms. The molecule has 2 rings (SSSR count). The van der Waals surface area contributed by atoms with Gasteiger partial charge in [0.2, 0.25) is 0 Å². The SMILES string of the molecule is CC1CCCC1C1(CO)CCCC1N. The highest BCUT2D eigenvalue weighted by Crippen LogP contribution is 2.51. The Hall–Kier alpha value is -0.0800.